The second-order valence-corrected chi connectivity index (χ2v) is 5.80. The fourth-order valence-corrected chi connectivity index (χ4v) is 3.14. The first-order chi connectivity index (χ1) is 9.06. The van der Waals surface area contributed by atoms with Gasteiger partial charge in [-0.15, -0.1) is 0 Å². The zero-order valence-electron chi connectivity index (χ0n) is 9.94. The van der Waals surface area contributed by atoms with Crippen LogP contribution in [0.15, 0.2) is 27.2 Å². The molecule has 4 nitrogen and oxygen atoms in total. The Morgan fingerprint density at radius 3 is 2.63 bits per heavy atom. The van der Waals surface area contributed by atoms with Crippen LogP contribution in [0.4, 0.5) is 0 Å². The molecule has 0 aliphatic carbocycles. The summed E-state index contributed by atoms with van der Waals surface area (Å²) >= 11 is 6.87. The van der Waals surface area contributed by atoms with Crippen LogP contribution in [0.5, 0.6) is 5.75 Å². The Bertz CT molecular complexity index is 484. The third-order valence-corrected chi connectivity index (χ3v) is 3.79. The van der Waals surface area contributed by atoms with Crippen molar-refractivity contribution < 1.29 is 19.4 Å². The summed E-state index contributed by atoms with van der Waals surface area (Å²) in [4.78, 5) is 10.5. The Morgan fingerprint density at radius 1 is 1.42 bits per heavy atom. The predicted molar refractivity (Wildman–Crippen MR) is 78.4 cm³/mol. The molecule has 6 heteroatoms. The van der Waals surface area contributed by atoms with Gasteiger partial charge in [-0.2, -0.15) is 0 Å². The lowest BCUT2D eigenvalue weighted by Crippen LogP contribution is -2.16. The van der Waals surface area contributed by atoms with Crippen molar-refractivity contribution in [2.24, 2.45) is 0 Å². The van der Waals surface area contributed by atoms with Crippen molar-refractivity contribution in [2.75, 3.05) is 13.2 Å². The van der Waals surface area contributed by atoms with Crippen molar-refractivity contribution in [3.8, 4) is 5.75 Å². The molecule has 19 heavy (non-hydrogen) atoms. The van der Waals surface area contributed by atoms with E-state index < -0.39 is 5.97 Å². The van der Waals surface area contributed by atoms with E-state index in [-0.39, 0.29) is 6.10 Å². The molecule has 1 saturated heterocycles. The summed E-state index contributed by atoms with van der Waals surface area (Å²) in [5.41, 5.74) is 0.774. The van der Waals surface area contributed by atoms with Crippen LogP contribution >= 0.6 is 31.9 Å². The van der Waals surface area contributed by atoms with Crippen LogP contribution in [-0.4, -0.2) is 30.4 Å². The number of carboxylic acid groups (broad SMARTS) is 1. The minimum atomic E-state index is -0.976. The van der Waals surface area contributed by atoms with Crippen LogP contribution in [0.3, 0.4) is 0 Å². The summed E-state index contributed by atoms with van der Waals surface area (Å²) < 4.78 is 12.7. The molecule has 0 saturated carbocycles. The minimum absolute atomic E-state index is 0.0630. The average Bonchev–Trinajstić information content (AvgIpc) is 2.84. The normalized spacial score (nSPS) is 18.9. The third-order valence-electron chi connectivity index (χ3n) is 2.61. The highest BCUT2D eigenvalue weighted by Gasteiger charge is 2.20. The van der Waals surface area contributed by atoms with Gasteiger partial charge < -0.3 is 14.6 Å². The van der Waals surface area contributed by atoms with E-state index in [0.29, 0.717) is 12.4 Å². The van der Waals surface area contributed by atoms with Crippen molar-refractivity contribution >= 4 is 43.9 Å². The molecule has 0 bridgehead atoms. The van der Waals surface area contributed by atoms with Gasteiger partial charge in [-0.25, -0.2) is 4.79 Å². The quantitative estimate of drug-likeness (QED) is 0.798. The zero-order chi connectivity index (χ0) is 13.8. The van der Waals surface area contributed by atoms with Gasteiger partial charge in [-0.05, 0) is 55.6 Å². The molecule has 1 aliphatic rings. The van der Waals surface area contributed by atoms with E-state index in [0.717, 1.165) is 33.6 Å². The number of carboxylic acids is 1. The number of carbonyl (C=O) groups is 1. The van der Waals surface area contributed by atoms with Gasteiger partial charge in [0.25, 0.3) is 0 Å². The summed E-state index contributed by atoms with van der Waals surface area (Å²) in [6, 6.07) is 3.63. The minimum Gasteiger partial charge on any atom is -0.486 e. The van der Waals surface area contributed by atoms with Crippen molar-refractivity contribution in [3.63, 3.8) is 0 Å². The molecule has 1 aromatic rings. The highest BCUT2D eigenvalue weighted by molar-refractivity contribution is 9.11. The smallest absolute Gasteiger partial charge is 0.328 e. The molecule has 1 aromatic carbocycles. The van der Waals surface area contributed by atoms with Crippen LogP contribution in [0.1, 0.15) is 12.0 Å². The van der Waals surface area contributed by atoms with Gasteiger partial charge in [0.1, 0.15) is 11.9 Å². The van der Waals surface area contributed by atoms with Gasteiger partial charge >= 0.3 is 5.97 Å². The molecule has 1 unspecified atom stereocenters. The van der Waals surface area contributed by atoms with Crippen LogP contribution in [0.25, 0.3) is 6.08 Å². The summed E-state index contributed by atoms with van der Waals surface area (Å²) in [6.07, 6.45) is 3.56. The molecular formula is C13H12Br2O4. The Balaban J connectivity index is 2.18. The number of benzene rings is 1. The molecule has 1 heterocycles. The Labute approximate surface area is 127 Å². The summed E-state index contributed by atoms with van der Waals surface area (Å²) in [6.45, 7) is 1.32. The van der Waals surface area contributed by atoms with E-state index in [9.17, 15) is 4.79 Å². The maximum absolute atomic E-state index is 10.5. The first kappa shape index (κ1) is 14.6. The van der Waals surface area contributed by atoms with Crippen molar-refractivity contribution in [1.29, 1.82) is 0 Å². The average molecular weight is 392 g/mol. The molecule has 0 aromatic heterocycles. The van der Waals surface area contributed by atoms with E-state index in [4.69, 9.17) is 14.6 Å². The van der Waals surface area contributed by atoms with Gasteiger partial charge in [0, 0.05) is 12.5 Å². The highest BCUT2D eigenvalue weighted by atomic mass is 79.9. The summed E-state index contributed by atoms with van der Waals surface area (Å²) in [5.74, 6) is -0.265. The standard InChI is InChI=1S/C13H12Br2O4/c14-10-5-8(1-2-12(16)17)6-11(15)13(10)19-9-3-4-18-7-9/h1-2,5-6,9H,3-4,7H2,(H,16,17)/b2-1+. The van der Waals surface area contributed by atoms with Gasteiger partial charge in [0.05, 0.1) is 22.2 Å². The third kappa shape index (κ3) is 4.06. The lowest BCUT2D eigenvalue weighted by molar-refractivity contribution is -0.131. The molecule has 1 fully saturated rings. The number of hydrogen-bond acceptors (Lipinski definition) is 3. The van der Waals surface area contributed by atoms with Crippen LogP contribution < -0.4 is 4.74 Å². The van der Waals surface area contributed by atoms with E-state index in [2.05, 4.69) is 31.9 Å². The highest BCUT2D eigenvalue weighted by Crippen LogP contribution is 2.36. The molecule has 1 aliphatic heterocycles. The van der Waals surface area contributed by atoms with Crippen molar-refractivity contribution in [2.45, 2.75) is 12.5 Å². The lowest BCUT2D eigenvalue weighted by atomic mass is 10.2. The van der Waals surface area contributed by atoms with Crippen LogP contribution in [0.2, 0.25) is 0 Å². The maximum atomic E-state index is 10.5. The topological polar surface area (TPSA) is 55.8 Å². The molecule has 0 amide bonds. The van der Waals surface area contributed by atoms with Gasteiger partial charge in [0.2, 0.25) is 0 Å². The van der Waals surface area contributed by atoms with Gasteiger partial charge in [-0.1, -0.05) is 0 Å². The second-order valence-electron chi connectivity index (χ2n) is 4.09. The van der Waals surface area contributed by atoms with Crippen molar-refractivity contribution in [3.05, 3.63) is 32.7 Å². The molecule has 2 rings (SSSR count). The first-order valence-corrected chi connectivity index (χ1v) is 7.29. The second kappa shape index (κ2) is 6.54. The van der Waals surface area contributed by atoms with E-state index >= 15 is 0 Å². The molecule has 102 valence electrons. The Hall–Kier alpha value is -0.850. The van der Waals surface area contributed by atoms with Gasteiger partial charge in [-0.3, -0.25) is 0 Å². The summed E-state index contributed by atoms with van der Waals surface area (Å²) in [7, 11) is 0. The molecule has 1 N–H and O–H groups in total. The summed E-state index contributed by atoms with van der Waals surface area (Å²) in [5, 5.41) is 8.61. The zero-order valence-corrected chi connectivity index (χ0v) is 13.1. The first-order valence-electron chi connectivity index (χ1n) is 5.70. The van der Waals surface area contributed by atoms with Crippen molar-refractivity contribution in [1.82, 2.24) is 0 Å². The molecule has 1 atom stereocenters. The lowest BCUT2D eigenvalue weighted by Gasteiger charge is -2.15. The fraction of sp³-hybridized carbons (Fsp3) is 0.308. The maximum Gasteiger partial charge on any atom is 0.328 e. The molecule has 0 spiro atoms. The van der Waals surface area contributed by atoms with Gasteiger partial charge in [0.15, 0.2) is 0 Å². The monoisotopic (exact) mass is 390 g/mol. The van der Waals surface area contributed by atoms with E-state index in [1.165, 1.54) is 6.08 Å². The fourth-order valence-electron chi connectivity index (χ4n) is 1.73. The molecular weight excluding hydrogens is 380 g/mol. The SMILES string of the molecule is O=C(O)/C=C/c1cc(Br)c(OC2CCOC2)c(Br)c1. The largest absolute Gasteiger partial charge is 0.486 e. The number of hydrogen-bond donors (Lipinski definition) is 1. The predicted octanol–water partition coefficient (Wildman–Crippen LogP) is 3.48. The number of halogens is 2. The Kier molecular flexibility index (Phi) is 5.01. The number of ether oxygens (including phenoxy) is 2. The van der Waals surface area contributed by atoms with Crippen LogP contribution in [-0.2, 0) is 9.53 Å². The number of rotatable bonds is 4. The van der Waals surface area contributed by atoms with E-state index in [1.807, 2.05) is 12.1 Å². The van der Waals surface area contributed by atoms with E-state index in [1.54, 1.807) is 0 Å². The number of aliphatic carboxylic acids is 1. The molecule has 0 radical (unpaired) electrons. The Morgan fingerprint density at radius 2 is 2.11 bits per heavy atom. The van der Waals surface area contributed by atoms with Crippen LogP contribution in [0, 0.1) is 0 Å².